The van der Waals surface area contributed by atoms with E-state index in [1.54, 1.807) is 18.2 Å². The Morgan fingerprint density at radius 3 is 2.61 bits per heavy atom. The summed E-state index contributed by atoms with van der Waals surface area (Å²) in [6.07, 6.45) is -1.69. The normalized spacial score (nSPS) is 26.5. The number of benzene rings is 2. The lowest BCUT2D eigenvalue weighted by atomic mass is 10.0. The minimum absolute atomic E-state index is 0.0384. The summed E-state index contributed by atoms with van der Waals surface area (Å²) < 4.78 is 28.3. The van der Waals surface area contributed by atoms with Crippen molar-refractivity contribution in [3.05, 3.63) is 64.7 Å². The van der Waals surface area contributed by atoms with Gasteiger partial charge in [-0.2, -0.15) is 0 Å². The number of nitrogens with zero attached hydrogens (tertiary/aromatic N) is 2. The molecule has 8 heteroatoms. The Kier molecular flexibility index (Phi) is 5.44. The highest BCUT2D eigenvalue weighted by molar-refractivity contribution is 6.05. The Morgan fingerprint density at radius 2 is 1.85 bits per heavy atom. The molecule has 0 bridgehead atoms. The zero-order valence-corrected chi connectivity index (χ0v) is 18.2. The molecule has 5 rings (SSSR count). The van der Waals surface area contributed by atoms with E-state index in [0.717, 1.165) is 43.3 Å². The monoisotopic (exact) mass is 451 g/mol. The molecular weight excluding hydrogens is 422 g/mol. The number of carbonyl (C=O) groups excluding carboxylic acids is 3. The number of morpholine rings is 1. The van der Waals surface area contributed by atoms with Crippen LogP contribution in [0.3, 0.4) is 0 Å². The summed E-state index contributed by atoms with van der Waals surface area (Å²) in [6, 6.07) is 11.1. The van der Waals surface area contributed by atoms with Crippen molar-refractivity contribution >= 4 is 17.7 Å². The smallest absolute Gasteiger partial charge is 0.255 e. The van der Waals surface area contributed by atoms with Gasteiger partial charge in [-0.05, 0) is 29.7 Å². The number of hydrogen-bond donors (Lipinski definition) is 1. The second-order valence-corrected chi connectivity index (χ2v) is 8.34. The van der Waals surface area contributed by atoms with Gasteiger partial charge in [0.2, 0.25) is 11.8 Å². The number of fused-ring (bicyclic) bond motifs is 1. The molecule has 3 aliphatic heterocycles. The van der Waals surface area contributed by atoms with Crippen molar-refractivity contribution < 1.29 is 26.6 Å². The highest BCUT2D eigenvalue weighted by Crippen LogP contribution is 2.34. The number of piperidine rings is 1. The zero-order valence-electron chi connectivity index (χ0n) is 20.2. The minimum atomic E-state index is -2.18. The second-order valence-electron chi connectivity index (χ2n) is 8.34. The van der Waals surface area contributed by atoms with Crippen LogP contribution in [0, 0.1) is 0 Å². The number of nitrogens with one attached hydrogen (secondary N) is 1. The first kappa shape index (κ1) is 19.3. The molecule has 172 valence electrons. The van der Waals surface area contributed by atoms with Gasteiger partial charge in [0.25, 0.3) is 5.91 Å². The maximum atomic E-state index is 13.1. The molecule has 0 radical (unpaired) electrons. The average molecular weight is 452 g/mol. The molecule has 2 saturated heterocycles. The van der Waals surface area contributed by atoms with E-state index in [9.17, 15) is 14.4 Å². The Bertz CT molecular complexity index is 1150. The molecule has 0 spiro atoms. The summed E-state index contributed by atoms with van der Waals surface area (Å²) in [5, 5.41) is 2.10. The van der Waals surface area contributed by atoms with Crippen molar-refractivity contribution in [3.8, 4) is 5.75 Å². The summed E-state index contributed by atoms with van der Waals surface area (Å²) in [7, 11) is 0. The van der Waals surface area contributed by atoms with Crippen molar-refractivity contribution in [1.29, 1.82) is 0 Å². The van der Waals surface area contributed by atoms with Gasteiger partial charge in [0.1, 0.15) is 18.4 Å². The summed E-state index contributed by atoms with van der Waals surface area (Å²) in [4.78, 5) is 40.6. The first-order valence-electron chi connectivity index (χ1n) is 12.1. The second kappa shape index (κ2) is 9.33. The van der Waals surface area contributed by atoms with Crippen LogP contribution in [0.25, 0.3) is 0 Å². The fourth-order valence-corrected chi connectivity index (χ4v) is 4.31. The Labute approximate surface area is 195 Å². The van der Waals surface area contributed by atoms with Gasteiger partial charge in [-0.15, -0.1) is 0 Å². The third-order valence-corrected chi connectivity index (χ3v) is 6.11. The van der Waals surface area contributed by atoms with Crippen LogP contribution in [-0.4, -0.2) is 59.8 Å². The van der Waals surface area contributed by atoms with E-state index >= 15 is 0 Å². The maximum Gasteiger partial charge on any atom is 0.255 e. The lowest BCUT2D eigenvalue weighted by molar-refractivity contribution is -0.136. The fourth-order valence-electron chi connectivity index (χ4n) is 4.31. The number of amides is 3. The van der Waals surface area contributed by atoms with Crippen molar-refractivity contribution in [2.24, 2.45) is 0 Å². The Hall–Kier alpha value is -3.23. The largest absolute Gasteiger partial charge is 0.489 e. The molecule has 0 saturated carbocycles. The predicted molar refractivity (Wildman–Crippen MR) is 119 cm³/mol. The summed E-state index contributed by atoms with van der Waals surface area (Å²) in [5.74, 6) is -1.58. The van der Waals surface area contributed by atoms with E-state index < -0.39 is 30.1 Å². The number of imide groups is 1. The van der Waals surface area contributed by atoms with Crippen LogP contribution < -0.4 is 10.1 Å². The van der Waals surface area contributed by atoms with Gasteiger partial charge in [0.15, 0.2) is 0 Å². The predicted octanol–water partition coefficient (Wildman–Crippen LogP) is 1.86. The molecule has 33 heavy (non-hydrogen) atoms. The molecule has 8 nitrogen and oxygen atoms in total. The van der Waals surface area contributed by atoms with Crippen LogP contribution in [0.1, 0.15) is 42.6 Å². The van der Waals surface area contributed by atoms with Gasteiger partial charge in [0, 0.05) is 38.6 Å². The summed E-state index contributed by atoms with van der Waals surface area (Å²) >= 11 is 0. The molecule has 3 aliphatic rings. The van der Waals surface area contributed by atoms with E-state index in [2.05, 4.69) is 22.3 Å². The van der Waals surface area contributed by atoms with Gasteiger partial charge in [-0.1, -0.05) is 30.3 Å². The van der Waals surface area contributed by atoms with Crippen LogP contribution in [0.15, 0.2) is 42.5 Å². The molecule has 2 atom stereocenters. The van der Waals surface area contributed by atoms with Crippen molar-refractivity contribution in [2.45, 2.75) is 38.5 Å². The van der Waals surface area contributed by atoms with Crippen molar-refractivity contribution in [3.63, 3.8) is 0 Å². The molecule has 0 aromatic heterocycles. The van der Waals surface area contributed by atoms with E-state index in [-0.39, 0.29) is 13.0 Å². The zero-order chi connectivity index (χ0) is 24.6. The molecule has 2 unspecified atom stereocenters. The van der Waals surface area contributed by atoms with Crippen LogP contribution in [0.4, 0.5) is 0 Å². The third kappa shape index (κ3) is 4.62. The fraction of sp³-hybridized carbons (Fsp3) is 0.400. The topological polar surface area (TPSA) is 88.2 Å². The average Bonchev–Trinajstić information content (AvgIpc) is 3.20. The lowest BCUT2D eigenvalue weighted by Gasteiger charge is -2.29. The number of rotatable bonds is 6. The maximum absolute atomic E-state index is 13.1. The molecule has 3 heterocycles. The van der Waals surface area contributed by atoms with Crippen LogP contribution in [0.2, 0.25) is 0 Å². The molecule has 0 aliphatic carbocycles. The third-order valence-electron chi connectivity index (χ3n) is 6.11. The molecule has 2 fully saturated rings. The lowest BCUT2D eigenvalue weighted by Crippen LogP contribution is -2.52. The minimum Gasteiger partial charge on any atom is -0.489 e. The van der Waals surface area contributed by atoms with Gasteiger partial charge >= 0.3 is 0 Å². The van der Waals surface area contributed by atoms with E-state index in [4.69, 9.17) is 12.2 Å². The molecular formula is C25H27N3O5. The first-order chi connectivity index (χ1) is 16.9. The number of hydrogen-bond acceptors (Lipinski definition) is 6. The number of ether oxygens (including phenoxy) is 2. The first-order valence-corrected chi connectivity index (χ1v) is 11.1. The number of carbonyl (C=O) groups is 3. The molecule has 1 N–H and O–H groups in total. The van der Waals surface area contributed by atoms with Gasteiger partial charge in [-0.3, -0.25) is 24.6 Å². The molecule has 2 aromatic rings. The summed E-state index contributed by atoms with van der Waals surface area (Å²) in [5.41, 5.74) is 3.10. The van der Waals surface area contributed by atoms with Gasteiger partial charge < -0.3 is 14.4 Å². The van der Waals surface area contributed by atoms with Gasteiger partial charge in [-0.25, -0.2) is 0 Å². The highest BCUT2D eigenvalue weighted by atomic mass is 16.5. The molecule has 2 aromatic carbocycles. The van der Waals surface area contributed by atoms with Crippen LogP contribution in [-0.2, 0) is 34.0 Å². The van der Waals surface area contributed by atoms with Crippen LogP contribution in [0.5, 0.6) is 5.75 Å². The standard InChI is InChI=1S/C25H27N3O5/c29-23-9-8-21(24(30)26-23)28-15-20-19(25(28)31)2-1-3-22(20)33-16-18-6-4-17(5-7-18)14-27-10-12-32-13-11-27/h1-7,21H,8-16H2,(H,26,29,30)/i8D,21D. The highest BCUT2D eigenvalue weighted by Gasteiger charge is 2.40. The Balaban J connectivity index is 1.27. The quantitative estimate of drug-likeness (QED) is 0.675. The van der Waals surface area contributed by atoms with Crippen molar-refractivity contribution in [1.82, 2.24) is 15.1 Å². The van der Waals surface area contributed by atoms with Gasteiger partial charge in [0.05, 0.1) is 21.1 Å². The molecule has 3 amide bonds. The summed E-state index contributed by atoms with van der Waals surface area (Å²) in [6.45, 7) is 4.52. The SMILES string of the molecule is [2H]C1CC(=O)NC(=O)C1([2H])N1Cc2c(OCc3ccc(CN4CCOCC4)cc3)cccc2C1=O. The van der Waals surface area contributed by atoms with E-state index in [0.29, 0.717) is 23.5 Å². The van der Waals surface area contributed by atoms with E-state index in [1.807, 2.05) is 12.1 Å². The van der Waals surface area contributed by atoms with Crippen molar-refractivity contribution in [2.75, 3.05) is 26.3 Å². The Morgan fingerprint density at radius 1 is 1.09 bits per heavy atom. The van der Waals surface area contributed by atoms with Crippen LogP contribution >= 0.6 is 0 Å². The van der Waals surface area contributed by atoms with E-state index in [1.165, 1.54) is 5.56 Å².